The number of aryl methyl sites for hydroxylation is 2. The molecular formula is C24H22N2O3S2. The molecule has 1 aliphatic rings. The van der Waals surface area contributed by atoms with Crippen LogP contribution in [0.4, 0.5) is 0 Å². The van der Waals surface area contributed by atoms with Gasteiger partial charge in [0.05, 0.1) is 4.91 Å². The highest BCUT2D eigenvalue weighted by Crippen LogP contribution is 2.33. The Labute approximate surface area is 191 Å². The van der Waals surface area contributed by atoms with Gasteiger partial charge < -0.3 is 9.47 Å². The molecule has 158 valence electrons. The van der Waals surface area contributed by atoms with Crippen molar-refractivity contribution in [2.45, 2.75) is 13.8 Å². The fourth-order valence-electron chi connectivity index (χ4n) is 3.26. The number of ether oxygens (including phenoxy) is 2. The van der Waals surface area contributed by atoms with Gasteiger partial charge in [0, 0.05) is 11.4 Å². The summed E-state index contributed by atoms with van der Waals surface area (Å²) in [6.45, 7) is 4.83. The SMILES string of the molecule is Cc1ccc(C)n1N1C(=O)/C(=C\c2ccc(OCCOc3ccccc3)cc2)SC1=S. The van der Waals surface area contributed by atoms with E-state index in [1.54, 1.807) is 5.01 Å². The Bertz CT molecular complexity index is 1100. The summed E-state index contributed by atoms with van der Waals surface area (Å²) in [4.78, 5) is 13.6. The first-order valence-electron chi connectivity index (χ1n) is 9.87. The minimum absolute atomic E-state index is 0.115. The Morgan fingerprint density at radius 3 is 2.06 bits per heavy atom. The van der Waals surface area contributed by atoms with Crippen LogP contribution in [-0.4, -0.2) is 28.1 Å². The van der Waals surface area contributed by atoms with Gasteiger partial charge in [-0.1, -0.05) is 42.1 Å². The van der Waals surface area contributed by atoms with Crippen LogP contribution >= 0.6 is 24.0 Å². The van der Waals surface area contributed by atoms with Crippen molar-refractivity contribution in [2.24, 2.45) is 0 Å². The van der Waals surface area contributed by atoms with Gasteiger partial charge >= 0.3 is 0 Å². The summed E-state index contributed by atoms with van der Waals surface area (Å²) < 4.78 is 13.7. The molecule has 3 aromatic rings. The van der Waals surface area contributed by atoms with Gasteiger partial charge in [-0.15, -0.1) is 0 Å². The molecular weight excluding hydrogens is 428 g/mol. The first-order valence-corrected chi connectivity index (χ1v) is 11.1. The van der Waals surface area contributed by atoms with Gasteiger partial charge in [-0.25, -0.2) is 0 Å². The van der Waals surface area contributed by atoms with Gasteiger partial charge in [0.15, 0.2) is 4.32 Å². The first-order chi connectivity index (χ1) is 15.0. The Hall–Kier alpha value is -3.03. The molecule has 1 aliphatic heterocycles. The second-order valence-electron chi connectivity index (χ2n) is 7.00. The van der Waals surface area contributed by atoms with Crippen molar-refractivity contribution in [3.8, 4) is 11.5 Å². The molecule has 0 saturated carbocycles. The zero-order valence-electron chi connectivity index (χ0n) is 17.3. The number of nitrogens with zero attached hydrogens (tertiary/aromatic N) is 2. The lowest BCUT2D eigenvalue weighted by atomic mass is 10.2. The van der Waals surface area contributed by atoms with Crippen LogP contribution in [0, 0.1) is 13.8 Å². The minimum atomic E-state index is -0.115. The molecule has 0 radical (unpaired) electrons. The summed E-state index contributed by atoms with van der Waals surface area (Å²) in [5.74, 6) is 1.46. The molecule has 0 spiro atoms. The van der Waals surface area contributed by atoms with Crippen LogP contribution in [0.2, 0.25) is 0 Å². The molecule has 0 N–H and O–H groups in total. The Balaban J connectivity index is 1.37. The molecule has 2 heterocycles. The van der Waals surface area contributed by atoms with Crippen molar-refractivity contribution in [3.63, 3.8) is 0 Å². The molecule has 1 saturated heterocycles. The molecule has 4 rings (SSSR count). The standard InChI is InChI=1S/C24H22N2O3S2/c1-17-8-9-18(2)25(17)26-23(27)22(31-24(26)30)16-19-10-12-21(13-11-19)29-15-14-28-20-6-4-3-5-7-20/h3-13,16H,14-15H2,1-2H3/b22-16+. The highest BCUT2D eigenvalue weighted by molar-refractivity contribution is 8.27. The zero-order valence-corrected chi connectivity index (χ0v) is 18.9. The number of thioether (sulfide) groups is 1. The van der Waals surface area contributed by atoms with Crippen molar-refractivity contribution >= 4 is 40.3 Å². The van der Waals surface area contributed by atoms with E-state index in [4.69, 9.17) is 21.7 Å². The van der Waals surface area contributed by atoms with E-state index >= 15 is 0 Å². The van der Waals surface area contributed by atoms with Crippen LogP contribution < -0.4 is 14.5 Å². The predicted molar refractivity (Wildman–Crippen MR) is 129 cm³/mol. The number of para-hydroxylation sites is 1. The lowest BCUT2D eigenvalue weighted by Gasteiger charge is -2.20. The van der Waals surface area contributed by atoms with Crippen molar-refractivity contribution in [1.82, 2.24) is 4.68 Å². The molecule has 2 aromatic carbocycles. The van der Waals surface area contributed by atoms with E-state index in [0.717, 1.165) is 28.5 Å². The van der Waals surface area contributed by atoms with Crippen LogP contribution in [0.1, 0.15) is 17.0 Å². The van der Waals surface area contributed by atoms with Crippen LogP contribution in [0.25, 0.3) is 6.08 Å². The number of amides is 1. The number of carbonyl (C=O) groups excluding carboxylic acids is 1. The predicted octanol–water partition coefficient (Wildman–Crippen LogP) is 5.10. The number of thiocarbonyl (C=S) groups is 1. The van der Waals surface area contributed by atoms with Crippen LogP contribution in [-0.2, 0) is 4.79 Å². The van der Waals surface area contributed by atoms with Gasteiger partial charge in [0.2, 0.25) is 0 Å². The number of benzene rings is 2. The number of carbonyl (C=O) groups is 1. The lowest BCUT2D eigenvalue weighted by Crippen LogP contribution is -2.39. The Kier molecular flexibility index (Phi) is 6.44. The van der Waals surface area contributed by atoms with E-state index in [1.165, 1.54) is 11.8 Å². The summed E-state index contributed by atoms with van der Waals surface area (Å²) in [5.41, 5.74) is 2.84. The summed E-state index contributed by atoms with van der Waals surface area (Å²) >= 11 is 6.78. The summed E-state index contributed by atoms with van der Waals surface area (Å²) in [6, 6.07) is 21.2. The van der Waals surface area contributed by atoms with Gasteiger partial charge in [0.25, 0.3) is 5.91 Å². The highest BCUT2D eigenvalue weighted by Gasteiger charge is 2.34. The first kappa shape index (κ1) is 21.2. The van der Waals surface area contributed by atoms with Crippen molar-refractivity contribution in [3.05, 3.63) is 88.6 Å². The lowest BCUT2D eigenvalue weighted by molar-refractivity contribution is -0.114. The van der Waals surface area contributed by atoms with Gasteiger partial charge in [0.1, 0.15) is 24.7 Å². The van der Waals surface area contributed by atoms with E-state index in [-0.39, 0.29) is 5.91 Å². The summed E-state index contributed by atoms with van der Waals surface area (Å²) in [7, 11) is 0. The largest absolute Gasteiger partial charge is 0.490 e. The second-order valence-corrected chi connectivity index (χ2v) is 8.68. The maximum Gasteiger partial charge on any atom is 0.285 e. The van der Waals surface area contributed by atoms with Crippen LogP contribution in [0.5, 0.6) is 11.5 Å². The molecule has 7 heteroatoms. The van der Waals surface area contributed by atoms with Crippen LogP contribution in [0.15, 0.2) is 71.6 Å². The van der Waals surface area contributed by atoms with E-state index < -0.39 is 0 Å². The number of rotatable bonds is 7. The zero-order chi connectivity index (χ0) is 21.8. The Morgan fingerprint density at radius 2 is 1.45 bits per heavy atom. The van der Waals surface area contributed by atoms with E-state index in [9.17, 15) is 4.79 Å². The third-order valence-corrected chi connectivity index (χ3v) is 6.03. The van der Waals surface area contributed by atoms with Gasteiger partial charge in [-0.2, -0.15) is 5.01 Å². The number of hydrogen-bond acceptors (Lipinski definition) is 5. The molecule has 0 atom stereocenters. The smallest absolute Gasteiger partial charge is 0.285 e. The molecule has 0 bridgehead atoms. The second kappa shape index (κ2) is 9.41. The fraction of sp³-hybridized carbons (Fsp3) is 0.167. The molecule has 1 amide bonds. The Morgan fingerprint density at radius 1 is 0.871 bits per heavy atom. The molecule has 1 aromatic heterocycles. The maximum atomic E-state index is 13.0. The van der Waals surface area contributed by atoms with Crippen molar-refractivity contribution in [1.29, 1.82) is 0 Å². The van der Waals surface area contributed by atoms with E-state index in [0.29, 0.717) is 22.4 Å². The normalized spacial score (nSPS) is 15.0. The average Bonchev–Trinajstić information content (AvgIpc) is 3.24. The monoisotopic (exact) mass is 450 g/mol. The van der Waals surface area contributed by atoms with Gasteiger partial charge in [-0.05, 0) is 74.1 Å². The molecule has 0 aliphatic carbocycles. The van der Waals surface area contributed by atoms with E-state index in [2.05, 4.69) is 0 Å². The average molecular weight is 451 g/mol. The third-order valence-electron chi connectivity index (χ3n) is 4.75. The number of hydrogen-bond donors (Lipinski definition) is 0. The van der Waals surface area contributed by atoms with E-state index in [1.807, 2.05) is 91.3 Å². The molecule has 1 fully saturated rings. The van der Waals surface area contributed by atoms with Gasteiger partial charge in [-0.3, -0.25) is 9.47 Å². The highest BCUT2D eigenvalue weighted by atomic mass is 32.2. The third kappa shape index (κ3) is 4.84. The molecule has 0 unspecified atom stereocenters. The summed E-state index contributed by atoms with van der Waals surface area (Å²) in [5, 5.41) is 1.56. The minimum Gasteiger partial charge on any atom is -0.490 e. The molecule has 31 heavy (non-hydrogen) atoms. The number of aromatic nitrogens is 1. The van der Waals surface area contributed by atoms with Crippen LogP contribution in [0.3, 0.4) is 0 Å². The quantitative estimate of drug-likeness (QED) is 0.285. The van der Waals surface area contributed by atoms with Crippen molar-refractivity contribution in [2.75, 3.05) is 18.2 Å². The topological polar surface area (TPSA) is 43.7 Å². The maximum absolute atomic E-state index is 13.0. The van der Waals surface area contributed by atoms with Crippen molar-refractivity contribution < 1.29 is 14.3 Å². The molecule has 5 nitrogen and oxygen atoms in total. The summed E-state index contributed by atoms with van der Waals surface area (Å²) in [6.07, 6.45) is 1.86. The fourth-order valence-corrected chi connectivity index (χ4v) is 4.50.